The normalized spacial score (nSPS) is 12.6. The molecule has 2 unspecified atom stereocenters. The second kappa shape index (κ2) is 15.5. The van der Waals surface area contributed by atoms with Crippen molar-refractivity contribution >= 4 is 34.6 Å². The van der Waals surface area contributed by atoms with Crippen LogP contribution in [0.2, 0.25) is 0 Å². The summed E-state index contributed by atoms with van der Waals surface area (Å²) in [6.07, 6.45) is 13.9. The van der Waals surface area contributed by atoms with E-state index >= 15 is 0 Å². The molecule has 40 heavy (non-hydrogen) atoms. The highest BCUT2D eigenvalue weighted by Crippen LogP contribution is 2.19. The Labute approximate surface area is 245 Å². The zero-order valence-electron chi connectivity index (χ0n) is 22.5. The average Bonchev–Trinajstić information content (AvgIpc) is 2.98. The van der Waals surface area contributed by atoms with Gasteiger partial charge in [-0.05, 0) is 48.2 Å². The van der Waals surface area contributed by atoms with Gasteiger partial charge >= 0.3 is 0 Å². The van der Waals surface area contributed by atoms with Crippen LogP contribution in [0.3, 0.4) is 0 Å². The smallest absolute Gasteiger partial charge is 0.232 e. The summed E-state index contributed by atoms with van der Waals surface area (Å²) >= 11 is 13.2. The van der Waals surface area contributed by atoms with Crippen LogP contribution >= 0.6 is 23.2 Å². The average molecular weight is 586 g/mol. The lowest BCUT2D eigenvalue weighted by atomic mass is 10.1. The van der Waals surface area contributed by atoms with Crippen LogP contribution in [0.1, 0.15) is 60.7 Å². The standard InChI is InChI=1S/C32H34Cl2F2N4/c33-31(39-19-15-27(16-20-39)37-23-25-9-5-7-11-29(25)35)13-3-1-2-4-14-32(34)40-21-17-28(18-22-40)38-24-26-10-6-8-12-30(26)36/h5-12,15-22,31-32H,1-4,13-14,23-24H2/p+2. The third kappa shape index (κ3) is 9.17. The van der Waals surface area contributed by atoms with Crippen molar-refractivity contribution in [1.82, 2.24) is 0 Å². The molecule has 8 heteroatoms. The molecule has 0 saturated carbocycles. The first-order valence-corrected chi connectivity index (χ1v) is 14.6. The predicted octanol–water partition coefficient (Wildman–Crippen LogP) is 8.28. The fraction of sp³-hybridized carbons (Fsp3) is 0.312. The van der Waals surface area contributed by atoms with Crippen LogP contribution in [0.5, 0.6) is 0 Å². The van der Waals surface area contributed by atoms with E-state index in [0.29, 0.717) is 24.2 Å². The zero-order valence-corrected chi connectivity index (χ0v) is 24.0. The minimum Gasteiger partial charge on any atom is -0.380 e. The molecule has 2 aromatic carbocycles. The summed E-state index contributed by atoms with van der Waals surface area (Å²) in [6, 6.07) is 21.4. The highest BCUT2D eigenvalue weighted by Gasteiger charge is 2.16. The lowest BCUT2D eigenvalue weighted by molar-refractivity contribution is -0.703. The Balaban J connectivity index is 1.09. The van der Waals surface area contributed by atoms with E-state index in [1.807, 2.05) is 70.3 Å². The van der Waals surface area contributed by atoms with Crippen molar-refractivity contribution < 1.29 is 17.9 Å². The van der Waals surface area contributed by atoms with Gasteiger partial charge in [0.15, 0.2) is 24.8 Å². The van der Waals surface area contributed by atoms with Gasteiger partial charge in [-0.3, -0.25) is 0 Å². The van der Waals surface area contributed by atoms with E-state index in [2.05, 4.69) is 10.6 Å². The summed E-state index contributed by atoms with van der Waals surface area (Å²) in [4.78, 5) is 0. The van der Waals surface area contributed by atoms with Crippen molar-refractivity contribution in [3.05, 3.63) is 120 Å². The molecule has 4 aromatic rings. The Hall–Kier alpha value is -3.22. The molecule has 210 valence electrons. The van der Waals surface area contributed by atoms with E-state index in [9.17, 15) is 8.78 Å². The molecule has 0 aliphatic carbocycles. The van der Waals surface area contributed by atoms with E-state index in [1.165, 1.54) is 12.1 Å². The number of pyridine rings is 2. The SMILES string of the molecule is Fc1ccccc1CNc1cc[n+](C(Cl)CCCCCCC(Cl)[n+]2ccc(NCc3ccccc3F)cc2)cc1. The number of nitrogens with one attached hydrogen (secondary N) is 2. The largest absolute Gasteiger partial charge is 0.380 e. The Morgan fingerprint density at radius 1 is 0.550 bits per heavy atom. The molecular formula is C32H36Cl2F2N4+2. The van der Waals surface area contributed by atoms with Gasteiger partial charge in [0.25, 0.3) is 0 Å². The van der Waals surface area contributed by atoms with Crippen molar-refractivity contribution in [3.8, 4) is 0 Å². The van der Waals surface area contributed by atoms with E-state index < -0.39 is 0 Å². The van der Waals surface area contributed by atoms with Gasteiger partial charge < -0.3 is 10.6 Å². The maximum absolute atomic E-state index is 13.8. The summed E-state index contributed by atoms with van der Waals surface area (Å²) in [6.45, 7) is 0.866. The van der Waals surface area contributed by atoms with Gasteiger partial charge in [0.05, 0.1) is 0 Å². The van der Waals surface area contributed by atoms with E-state index in [-0.39, 0.29) is 22.6 Å². The van der Waals surface area contributed by atoms with E-state index in [1.54, 1.807) is 24.3 Å². The number of hydrogen-bond donors (Lipinski definition) is 2. The monoisotopic (exact) mass is 584 g/mol. The second-order valence-electron chi connectivity index (χ2n) is 9.82. The van der Waals surface area contributed by atoms with E-state index in [4.69, 9.17) is 23.2 Å². The molecule has 0 amide bonds. The molecule has 0 aliphatic rings. The van der Waals surface area contributed by atoms with Crippen molar-refractivity contribution in [2.45, 2.75) is 62.6 Å². The molecule has 2 aromatic heterocycles. The Morgan fingerprint density at radius 2 is 0.925 bits per heavy atom. The fourth-order valence-corrected chi connectivity index (χ4v) is 5.01. The van der Waals surface area contributed by atoms with Crippen LogP contribution in [0.4, 0.5) is 20.2 Å². The minimum absolute atomic E-state index is 0.109. The number of alkyl halides is 2. The third-order valence-corrected chi connectivity index (χ3v) is 7.76. The summed E-state index contributed by atoms with van der Waals surface area (Å²) in [7, 11) is 0. The van der Waals surface area contributed by atoms with Crippen LogP contribution in [-0.4, -0.2) is 0 Å². The van der Waals surface area contributed by atoms with Crippen LogP contribution in [0, 0.1) is 11.6 Å². The molecule has 0 radical (unpaired) electrons. The third-order valence-electron chi connectivity index (χ3n) is 6.87. The van der Waals surface area contributed by atoms with Gasteiger partial charge in [-0.25, -0.2) is 8.78 Å². The minimum atomic E-state index is -0.205. The first kappa shape index (κ1) is 29.8. The highest BCUT2D eigenvalue weighted by atomic mass is 35.5. The molecule has 0 bridgehead atoms. The van der Waals surface area contributed by atoms with Crippen LogP contribution in [0.25, 0.3) is 0 Å². The number of anilines is 2. The molecule has 2 N–H and O–H groups in total. The van der Waals surface area contributed by atoms with Crippen molar-refractivity contribution in [3.63, 3.8) is 0 Å². The van der Waals surface area contributed by atoms with Crippen LogP contribution in [-0.2, 0) is 13.1 Å². The topological polar surface area (TPSA) is 31.8 Å². The van der Waals surface area contributed by atoms with Crippen molar-refractivity contribution in [1.29, 1.82) is 0 Å². The lowest BCUT2D eigenvalue weighted by Gasteiger charge is -2.09. The zero-order chi connectivity index (χ0) is 28.2. The summed E-state index contributed by atoms with van der Waals surface area (Å²) in [5, 5.41) is 6.49. The summed E-state index contributed by atoms with van der Waals surface area (Å²) < 4.78 is 31.6. The molecule has 0 saturated heterocycles. The number of aromatic nitrogens is 2. The van der Waals surface area contributed by atoms with Crippen LogP contribution < -0.4 is 19.8 Å². The first-order chi connectivity index (χ1) is 19.5. The number of benzene rings is 2. The van der Waals surface area contributed by atoms with Gasteiger partial charge in [0, 0.05) is 72.7 Å². The molecule has 2 atom stereocenters. The van der Waals surface area contributed by atoms with Gasteiger partial charge in [-0.1, -0.05) is 49.2 Å². The van der Waals surface area contributed by atoms with E-state index in [0.717, 1.165) is 49.9 Å². The Bertz CT molecular complexity index is 1220. The quantitative estimate of drug-likeness (QED) is 0.0836. The van der Waals surface area contributed by atoms with Gasteiger partial charge in [0.2, 0.25) is 11.0 Å². The lowest BCUT2D eigenvalue weighted by Crippen LogP contribution is -2.35. The van der Waals surface area contributed by atoms with Gasteiger partial charge in [-0.2, -0.15) is 9.13 Å². The van der Waals surface area contributed by atoms with Crippen LogP contribution in [0.15, 0.2) is 97.6 Å². The number of unbranched alkanes of at least 4 members (excludes halogenated alkanes) is 3. The molecule has 4 rings (SSSR count). The molecular weight excluding hydrogens is 549 g/mol. The predicted molar refractivity (Wildman–Crippen MR) is 158 cm³/mol. The molecule has 0 aliphatic heterocycles. The summed E-state index contributed by atoms with van der Waals surface area (Å²) in [5.41, 5.74) is 2.90. The maximum Gasteiger partial charge on any atom is 0.232 e. The molecule has 4 nitrogen and oxygen atoms in total. The Morgan fingerprint density at radius 3 is 1.30 bits per heavy atom. The molecule has 0 spiro atoms. The number of halogens is 4. The van der Waals surface area contributed by atoms with Gasteiger partial charge in [0.1, 0.15) is 11.6 Å². The number of rotatable bonds is 15. The second-order valence-corrected chi connectivity index (χ2v) is 10.8. The van der Waals surface area contributed by atoms with Gasteiger partial charge in [-0.15, -0.1) is 0 Å². The summed E-state index contributed by atoms with van der Waals surface area (Å²) in [5.74, 6) is -0.411. The number of nitrogens with zero attached hydrogens (tertiary/aromatic N) is 2. The maximum atomic E-state index is 13.8. The first-order valence-electron chi connectivity index (χ1n) is 13.7. The highest BCUT2D eigenvalue weighted by molar-refractivity contribution is 6.18. The van der Waals surface area contributed by atoms with Crippen molar-refractivity contribution in [2.24, 2.45) is 0 Å². The van der Waals surface area contributed by atoms with Crippen molar-refractivity contribution in [2.75, 3.05) is 10.6 Å². The number of hydrogen-bond acceptors (Lipinski definition) is 2. The molecule has 0 fully saturated rings. The molecule has 2 heterocycles. The Kier molecular flexibility index (Phi) is 11.6. The fourth-order valence-electron chi connectivity index (χ4n) is 4.44.